The first kappa shape index (κ1) is 18.1. The van der Waals surface area contributed by atoms with E-state index in [0.29, 0.717) is 19.8 Å². The van der Waals surface area contributed by atoms with Gasteiger partial charge in [0.1, 0.15) is 5.76 Å². The maximum atomic E-state index is 12.3. The lowest BCUT2D eigenvalue weighted by Crippen LogP contribution is -2.43. The number of nitrogens with zero attached hydrogens (tertiary/aromatic N) is 2. The smallest absolute Gasteiger partial charge is 0.269 e. The minimum Gasteiger partial charge on any atom is -0.468 e. The van der Waals surface area contributed by atoms with Crippen LogP contribution in [-0.2, 0) is 16.0 Å². The number of ether oxygens (including phenoxy) is 1. The van der Waals surface area contributed by atoms with Crippen molar-refractivity contribution in [1.29, 1.82) is 0 Å². The van der Waals surface area contributed by atoms with E-state index in [4.69, 9.17) is 9.15 Å². The summed E-state index contributed by atoms with van der Waals surface area (Å²) in [6.07, 6.45) is 1.80. The molecule has 8 nitrogen and oxygen atoms in total. The zero-order valence-electron chi connectivity index (χ0n) is 14.3. The van der Waals surface area contributed by atoms with Crippen molar-refractivity contribution in [2.24, 2.45) is 0 Å². The zero-order valence-corrected chi connectivity index (χ0v) is 14.3. The second-order valence-electron chi connectivity index (χ2n) is 6.08. The predicted octanol–water partition coefficient (Wildman–Crippen LogP) is 1.92. The fourth-order valence-corrected chi connectivity index (χ4v) is 2.97. The number of nitro groups is 1. The summed E-state index contributed by atoms with van der Waals surface area (Å²) in [7, 11) is 0. The molecule has 1 saturated heterocycles. The Labute approximate surface area is 150 Å². The fraction of sp³-hybridized carbons (Fsp3) is 0.389. The molecule has 3 rings (SSSR count). The van der Waals surface area contributed by atoms with Gasteiger partial charge in [0.25, 0.3) is 5.69 Å². The number of furan rings is 1. The van der Waals surface area contributed by atoms with Crippen molar-refractivity contribution in [1.82, 2.24) is 10.2 Å². The molecule has 1 unspecified atom stereocenters. The first-order valence-corrected chi connectivity index (χ1v) is 8.49. The third-order valence-electron chi connectivity index (χ3n) is 4.36. The Hall–Kier alpha value is -2.71. The SMILES string of the molecule is O=C(Cc1ccc([N+](=O)[O-])cc1)NCC(c1ccco1)N1CCOCC1. The van der Waals surface area contributed by atoms with E-state index in [2.05, 4.69) is 10.2 Å². The lowest BCUT2D eigenvalue weighted by molar-refractivity contribution is -0.384. The second kappa shape index (κ2) is 8.59. The summed E-state index contributed by atoms with van der Waals surface area (Å²) < 4.78 is 10.9. The highest BCUT2D eigenvalue weighted by Crippen LogP contribution is 2.21. The first-order chi connectivity index (χ1) is 12.6. The average Bonchev–Trinajstić information content (AvgIpc) is 3.17. The van der Waals surface area contributed by atoms with Crippen LogP contribution in [0.5, 0.6) is 0 Å². The van der Waals surface area contributed by atoms with Gasteiger partial charge in [-0.1, -0.05) is 12.1 Å². The van der Waals surface area contributed by atoms with Crippen LogP contribution < -0.4 is 5.32 Å². The van der Waals surface area contributed by atoms with Crippen molar-refractivity contribution in [3.05, 3.63) is 64.1 Å². The molecule has 1 fully saturated rings. The number of non-ortho nitro benzene ring substituents is 1. The van der Waals surface area contributed by atoms with Crippen LogP contribution in [0.15, 0.2) is 47.1 Å². The van der Waals surface area contributed by atoms with Gasteiger partial charge in [-0.25, -0.2) is 0 Å². The first-order valence-electron chi connectivity index (χ1n) is 8.49. The summed E-state index contributed by atoms with van der Waals surface area (Å²) in [5.41, 5.74) is 0.744. The normalized spacial score (nSPS) is 16.2. The zero-order chi connectivity index (χ0) is 18.4. The van der Waals surface area contributed by atoms with Gasteiger partial charge in [0, 0.05) is 31.8 Å². The van der Waals surface area contributed by atoms with Crippen molar-refractivity contribution < 1.29 is 18.9 Å². The number of hydrogen-bond acceptors (Lipinski definition) is 6. The fourth-order valence-electron chi connectivity index (χ4n) is 2.97. The van der Waals surface area contributed by atoms with Gasteiger partial charge >= 0.3 is 0 Å². The van der Waals surface area contributed by atoms with Gasteiger partial charge in [0.15, 0.2) is 0 Å². The number of carbonyl (C=O) groups excluding carboxylic acids is 1. The minimum atomic E-state index is -0.458. The summed E-state index contributed by atoms with van der Waals surface area (Å²) in [6.45, 7) is 3.31. The second-order valence-corrected chi connectivity index (χ2v) is 6.08. The molecule has 1 aromatic heterocycles. The summed E-state index contributed by atoms with van der Waals surface area (Å²) in [5.74, 6) is 0.672. The van der Waals surface area contributed by atoms with E-state index in [1.165, 1.54) is 12.1 Å². The van der Waals surface area contributed by atoms with E-state index in [-0.39, 0.29) is 24.1 Å². The number of nitrogens with one attached hydrogen (secondary N) is 1. The molecule has 1 N–H and O–H groups in total. The van der Waals surface area contributed by atoms with Crippen LogP contribution in [0, 0.1) is 10.1 Å². The molecule has 138 valence electrons. The van der Waals surface area contributed by atoms with Crippen LogP contribution >= 0.6 is 0 Å². The summed E-state index contributed by atoms with van der Waals surface area (Å²) >= 11 is 0. The van der Waals surface area contributed by atoms with Crippen LogP contribution in [-0.4, -0.2) is 48.6 Å². The highest BCUT2D eigenvalue weighted by molar-refractivity contribution is 5.78. The third-order valence-corrected chi connectivity index (χ3v) is 4.36. The van der Waals surface area contributed by atoms with Crippen LogP contribution in [0.3, 0.4) is 0 Å². The molecule has 1 aliphatic heterocycles. The van der Waals surface area contributed by atoms with Crippen molar-refractivity contribution in [3.63, 3.8) is 0 Å². The van der Waals surface area contributed by atoms with E-state index >= 15 is 0 Å². The maximum absolute atomic E-state index is 12.3. The molecule has 1 amide bonds. The Bertz CT molecular complexity index is 724. The quantitative estimate of drug-likeness (QED) is 0.599. The maximum Gasteiger partial charge on any atom is 0.269 e. The van der Waals surface area contributed by atoms with Gasteiger partial charge in [0.05, 0.1) is 36.9 Å². The molecule has 0 radical (unpaired) electrons. The standard InChI is InChI=1S/C18H21N3O5/c22-18(12-14-3-5-15(6-4-14)21(23)24)19-13-16(17-2-1-9-26-17)20-7-10-25-11-8-20/h1-6,9,16H,7-8,10-13H2,(H,19,22). The molecule has 0 saturated carbocycles. The number of carbonyl (C=O) groups is 1. The van der Waals surface area contributed by atoms with E-state index in [1.54, 1.807) is 18.4 Å². The van der Waals surface area contributed by atoms with Gasteiger partial charge in [-0.2, -0.15) is 0 Å². The Balaban J connectivity index is 1.57. The Morgan fingerprint density at radius 3 is 2.58 bits per heavy atom. The van der Waals surface area contributed by atoms with Crippen molar-refractivity contribution in [2.75, 3.05) is 32.8 Å². The van der Waals surface area contributed by atoms with E-state index in [9.17, 15) is 14.9 Å². The average molecular weight is 359 g/mol. The lowest BCUT2D eigenvalue weighted by atomic mass is 10.1. The molecular formula is C18H21N3O5. The number of benzene rings is 1. The summed E-state index contributed by atoms with van der Waals surface area (Å²) in [6, 6.07) is 9.70. The van der Waals surface area contributed by atoms with Gasteiger partial charge in [-0.3, -0.25) is 19.8 Å². The number of hydrogen-bond donors (Lipinski definition) is 1. The molecular weight excluding hydrogens is 338 g/mol. The molecule has 1 aliphatic rings. The van der Waals surface area contributed by atoms with Crippen LogP contribution in [0.4, 0.5) is 5.69 Å². The molecule has 8 heteroatoms. The van der Waals surface area contributed by atoms with Gasteiger partial charge in [-0.15, -0.1) is 0 Å². The van der Waals surface area contributed by atoms with Gasteiger partial charge in [-0.05, 0) is 17.7 Å². The Morgan fingerprint density at radius 2 is 1.96 bits per heavy atom. The Morgan fingerprint density at radius 1 is 1.23 bits per heavy atom. The van der Waals surface area contributed by atoms with Crippen molar-refractivity contribution >= 4 is 11.6 Å². The number of nitro benzene ring substituents is 1. The predicted molar refractivity (Wildman–Crippen MR) is 93.7 cm³/mol. The lowest BCUT2D eigenvalue weighted by Gasteiger charge is -2.33. The molecule has 0 spiro atoms. The van der Waals surface area contributed by atoms with Gasteiger partial charge in [0.2, 0.25) is 5.91 Å². The molecule has 2 heterocycles. The molecule has 1 atom stereocenters. The van der Waals surface area contributed by atoms with Crippen LogP contribution in [0.25, 0.3) is 0 Å². The van der Waals surface area contributed by atoms with Crippen molar-refractivity contribution in [3.8, 4) is 0 Å². The minimum absolute atomic E-state index is 0.0133. The highest BCUT2D eigenvalue weighted by atomic mass is 16.6. The Kier molecular flexibility index (Phi) is 5.98. The molecule has 0 aliphatic carbocycles. The van der Waals surface area contributed by atoms with Gasteiger partial charge < -0.3 is 14.5 Å². The largest absolute Gasteiger partial charge is 0.468 e. The van der Waals surface area contributed by atoms with Crippen LogP contribution in [0.1, 0.15) is 17.4 Å². The number of morpholine rings is 1. The van der Waals surface area contributed by atoms with E-state index < -0.39 is 4.92 Å². The molecule has 2 aromatic rings. The summed E-state index contributed by atoms with van der Waals surface area (Å²) in [5, 5.41) is 13.6. The summed E-state index contributed by atoms with van der Waals surface area (Å²) in [4.78, 5) is 24.7. The molecule has 26 heavy (non-hydrogen) atoms. The molecule has 1 aromatic carbocycles. The van der Waals surface area contributed by atoms with Crippen LogP contribution in [0.2, 0.25) is 0 Å². The highest BCUT2D eigenvalue weighted by Gasteiger charge is 2.25. The number of rotatable bonds is 7. The van der Waals surface area contributed by atoms with E-state index in [0.717, 1.165) is 24.4 Å². The van der Waals surface area contributed by atoms with E-state index in [1.807, 2.05) is 12.1 Å². The van der Waals surface area contributed by atoms with Crippen molar-refractivity contribution in [2.45, 2.75) is 12.5 Å². The monoisotopic (exact) mass is 359 g/mol. The number of amides is 1. The third kappa shape index (κ3) is 4.68. The topological polar surface area (TPSA) is 97.8 Å². The molecule has 0 bridgehead atoms.